The minimum Gasteiger partial charge on any atom is -0.337 e. The van der Waals surface area contributed by atoms with E-state index in [4.69, 9.17) is 0 Å². The zero-order valence-electron chi connectivity index (χ0n) is 16.7. The Morgan fingerprint density at radius 2 is 2.10 bits per heavy atom. The van der Waals surface area contributed by atoms with E-state index in [9.17, 15) is 4.79 Å². The third kappa shape index (κ3) is 4.37. The van der Waals surface area contributed by atoms with Gasteiger partial charge in [0.05, 0.1) is 12.9 Å². The zero-order valence-corrected chi connectivity index (χ0v) is 16.7. The predicted octanol–water partition coefficient (Wildman–Crippen LogP) is 2.27. The average molecular weight is 393 g/mol. The molecular formula is C21H27N7O. The van der Waals surface area contributed by atoms with Crippen molar-refractivity contribution in [1.82, 2.24) is 34.5 Å². The molecule has 8 nitrogen and oxygen atoms in total. The fourth-order valence-corrected chi connectivity index (χ4v) is 3.79. The molecule has 1 aliphatic rings. The number of carbonyl (C=O) groups excluding carboxylic acids is 1. The number of imidazole rings is 1. The number of para-hydroxylation sites is 1. The van der Waals surface area contributed by atoms with Crippen LogP contribution in [0.15, 0.2) is 49.1 Å². The summed E-state index contributed by atoms with van der Waals surface area (Å²) in [5.74, 6) is 1.09. The molecular weight excluding hydrogens is 366 g/mol. The van der Waals surface area contributed by atoms with E-state index in [-0.39, 0.29) is 11.9 Å². The van der Waals surface area contributed by atoms with Gasteiger partial charge in [0.25, 0.3) is 5.91 Å². The molecule has 0 radical (unpaired) electrons. The molecule has 1 aromatic carbocycles. The Balaban J connectivity index is 1.48. The second kappa shape index (κ2) is 9.00. The SMILES string of the molecule is C[C@H]1CCCN1C(=O)c1nnc(CNCCCn2ccnc2)n1-c1ccccc1. The van der Waals surface area contributed by atoms with Gasteiger partial charge in [0.15, 0.2) is 5.82 Å². The zero-order chi connectivity index (χ0) is 20.1. The van der Waals surface area contributed by atoms with Gasteiger partial charge in [-0.05, 0) is 44.9 Å². The lowest BCUT2D eigenvalue weighted by Crippen LogP contribution is -2.35. The van der Waals surface area contributed by atoms with Crippen LogP contribution in [0, 0.1) is 0 Å². The van der Waals surface area contributed by atoms with E-state index in [1.165, 1.54) is 0 Å². The van der Waals surface area contributed by atoms with Crippen LogP contribution in [-0.4, -0.2) is 54.3 Å². The average Bonchev–Trinajstić information content (AvgIpc) is 3.49. The van der Waals surface area contributed by atoms with Gasteiger partial charge in [0, 0.05) is 37.2 Å². The maximum absolute atomic E-state index is 13.1. The van der Waals surface area contributed by atoms with Gasteiger partial charge in [0.1, 0.15) is 0 Å². The van der Waals surface area contributed by atoms with Crippen LogP contribution in [0.1, 0.15) is 42.6 Å². The van der Waals surface area contributed by atoms with Crippen molar-refractivity contribution in [1.29, 1.82) is 0 Å². The van der Waals surface area contributed by atoms with E-state index >= 15 is 0 Å². The van der Waals surface area contributed by atoms with Gasteiger partial charge in [0.2, 0.25) is 5.82 Å². The molecule has 1 saturated heterocycles. The smallest absolute Gasteiger partial charge is 0.292 e. The molecule has 1 fully saturated rings. The molecule has 0 unspecified atom stereocenters. The van der Waals surface area contributed by atoms with E-state index in [0.29, 0.717) is 12.4 Å². The Hall–Kier alpha value is -3.00. The molecule has 0 aliphatic carbocycles. The van der Waals surface area contributed by atoms with Gasteiger partial charge in [-0.15, -0.1) is 10.2 Å². The molecule has 4 rings (SSSR count). The molecule has 0 bridgehead atoms. The van der Waals surface area contributed by atoms with Gasteiger partial charge in [-0.2, -0.15) is 0 Å². The lowest BCUT2D eigenvalue weighted by atomic mass is 10.2. The largest absolute Gasteiger partial charge is 0.337 e. The van der Waals surface area contributed by atoms with Gasteiger partial charge in [-0.1, -0.05) is 18.2 Å². The minimum atomic E-state index is -0.0438. The van der Waals surface area contributed by atoms with Gasteiger partial charge >= 0.3 is 0 Å². The number of likely N-dealkylation sites (tertiary alicyclic amines) is 1. The number of hydrogen-bond acceptors (Lipinski definition) is 5. The maximum Gasteiger partial charge on any atom is 0.292 e. The van der Waals surface area contributed by atoms with E-state index in [1.54, 1.807) is 6.20 Å². The number of hydrogen-bond donors (Lipinski definition) is 1. The Kier molecular flexibility index (Phi) is 6.00. The van der Waals surface area contributed by atoms with Crippen molar-refractivity contribution < 1.29 is 4.79 Å². The quantitative estimate of drug-likeness (QED) is 0.594. The number of carbonyl (C=O) groups is 1. The number of aromatic nitrogens is 5. The number of aryl methyl sites for hydroxylation is 1. The third-order valence-corrected chi connectivity index (χ3v) is 5.36. The molecule has 3 heterocycles. The van der Waals surface area contributed by atoms with Crippen molar-refractivity contribution in [2.75, 3.05) is 13.1 Å². The highest BCUT2D eigenvalue weighted by atomic mass is 16.2. The van der Waals surface area contributed by atoms with Crippen LogP contribution in [0.2, 0.25) is 0 Å². The lowest BCUT2D eigenvalue weighted by Gasteiger charge is -2.21. The minimum absolute atomic E-state index is 0.0438. The summed E-state index contributed by atoms with van der Waals surface area (Å²) in [7, 11) is 0. The summed E-state index contributed by atoms with van der Waals surface area (Å²) < 4.78 is 3.94. The monoisotopic (exact) mass is 393 g/mol. The van der Waals surface area contributed by atoms with E-state index in [2.05, 4.69) is 32.0 Å². The Morgan fingerprint density at radius 1 is 1.24 bits per heavy atom. The van der Waals surface area contributed by atoms with Crippen LogP contribution >= 0.6 is 0 Å². The number of nitrogens with zero attached hydrogens (tertiary/aromatic N) is 6. The van der Waals surface area contributed by atoms with Crippen LogP contribution in [0.5, 0.6) is 0 Å². The molecule has 0 spiro atoms. The normalized spacial score (nSPS) is 16.4. The van der Waals surface area contributed by atoms with Crippen molar-refractivity contribution in [3.8, 4) is 5.69 Å². The number of amides is 1. The first kappa shape index (κ1) is 19.3. The first-order chi connectivity index (χ1) is 14.2. The van der Waals surface area contributed by atoms with Crippen LogP contribution in [0.4, 0.5) is 0 Å². The third-order valence-electron chi connectivity index (χ3n) is 5.36. The molecule has 3 aromatic rings. The molecule has 29 heavy (non-hydrogen) atoms. The van der Waals surface area contributed by atoms with Crippen LogP contribution in [0.25, 0.3) is 5.69 Å². The van der Waals surface area contributed by atoms with Crippen LogP contribution in [0.3, 0.4) is 0 Å². The molecule has 1 amide bonds. The highest BCUT2D eigenvalue weighted by molar-refractivity contribution is 5.91. The molecule has 2 aromatic heterocycles. The van der Waals surface area contributed by atoms with Crippen molar-refractivity contribution in [3.05, 3.63) is 60.7 Å². The van der Waals surface area contributed by atoms with E-state index in [0.717, 1.165) is 50.4 Å². The maximum atomic E-state index is 13.1. The van der Waals surface area contributed by atoms with Crippen molar-refractivity contribution in [2.24, 2.45) is 0 Å². The summed E-state index contributed by atoms with van der Waals surface area (Å²) in [5, 5.41) is 12.0. The lowest BCUT2D eigenvalue weighted by molar-refractivity contribution is 0.0732. The molecule has 1 N–H and O–H groups in total. The summed E-state index contributed by atoms with van der Waals surface area (Å²) in [6, 6.07) is 10.1. The number of rotatable bonds is 8. The Labute approximate surface area is 170 Å². The van der Waals surface area contributed by atoms with Gasteiger partial charge < -0.3 is 14.8 Å². The Morgan fingerprint density at radius 3 is 2.83 bits per heavy atom. The fraction of sp³-hybridized carbons (Fsp3) is 0.429. The van der Waals surface area contributed by atoms with Crippen LogP contribution < -0.4 is 5.32 Å². The van der Waals surface area contributed by atoms with Crippen LogP contribution in [-0.2, 0) is 13.1 Å². The summed E-state index contributed by atoms with van der Waals surface area (Å²) in [6.07, 6.45) is 8.63. The highest BCUT2D eigenvalue weighted by Gasteiger charge is 2.30. The molecule has 8 heteroatoms. The summed E-state index contributed by atoms with van der Waals surface area (Å²) >= 11 is 0. The second-order valence-electron chi connectivity index (χ2n) is 7.43. The summed E-state index contributed by atoms with van der Waals surface area (Å²) in [5.41, 5.74) is 0.905. The summed E-state index contributed by atoms with van der Waals surface area (Å²) in [6.45, 7) is 5.18. The number of nitrogens with one attached hydrogen (secondary N) is 1. The fourth-order valence-electron chi connectivity index (χ4n) is 3.79. The van der Waals surface area contributed by atoms with Crippen molar-refractivity contribution >= 4 is 5.91 Å². The van der Waals surface area contributed by atoms with Gasteiger partial charge in [-0.25, -0.2) is 4.98 Å². The van der Waals surface area contributed by atoms with Gasteiger partial charge in [-0.3, -0.25) is 9.36 Å². The second-order valence-corrected chi connectivity index (χ2v) is 7.43. The summed E-state index contributed by atoms with van der Waals surface area (Å²) in [4.78, 5) is 19.1. The van der Waals surface area contributed by atoms with E-state index < -0.39 is 0 Å². The first-order valence-electron chi connectivity index (χ1n) is 10.2. The molecule has 1 aliphatic heterocycles. The van der Waals surface area contributed by atoms with Crippen molar-refractivity contribution in [2.45, 2.75) is 45.3 Å². The first-order valence-corrected chi connectivity index (χ1v) is 10.2. The van der Waals surface area contributed by atoms with E-state index in [1.807, 2.05) is 52.3 Å². The standard InChI is InChI=1S/C21H27N7O/c1-17-7-5-13-27(17)21(29)20-25-24-19(28(20)18-8-3-2-4-9-18)15-22-10-6-12-26-14-11-23-16-26/h2-4,8-9,11,14,16-17,22H,5-7,10,12-13,15H2,1H3/t17-/m0/s1. The Bertz CT molecular complexity index is 920. The molecule has 1 atom stereocenters. The number of benzene rings is 1. The topological polar surface area (TPSA) is 80.9 Å². The highest BCUT2D eigenvalue weighted by Crippen LogP contribution is 2.21. The molecule has 0 saturated carbocycles. The predicted molar refractivity (Wildman–Crippen MR) is 110 cm³/mol. The molecule has 152 valence electrons. The van der Waals surface area contributed by atoms with Crippen molar-refractivity contribution in [3.63, 3.8) is 0 Å².